The highest BCUT2D eigenvalue weighted by molar-refractivity contribution is 7.89. The van der Waals surface area contributed by atoms with Gasteiger partial charge in [0.2, 0.25) is 15.9 Å². The van der Waals surface area contributed by atoms with E-state index in [1.165, 1.54) is 23.0 Å². The molecule has 1 saturated carbocycles. The summed E-state index contributed by atoms with van der Waals surface area (Å²) in [5, 5.41) is 20.8. The number of fused-ring (bicyclic) bond motifs is 1. The predicted octanol–water partition coefficient (Wildman–Crippen LogP) is 3.25. The first-order chi connectivity index (χ1) is 21.6. The fraction of sp³-hybridized carbons (Fsp3) is 0.300. The van der Waals surface area contributed by atoms with Crippen molar-refractivity contribution in [2.75, 3.05) is 25.0 Å². The van der Waals surface area contributed by atoms with E-state index in [-0.39, 0.29) is 22.7 Å². The molecule has 1 heterocycles. The van der Waals surface area contributed by atoms with E-state index < -0.39 is 58.6 Å². The number of halogens is 4. The van der Waals surface area contributed by atoms with Gasteiger partial charge in [0.25, 0.3) is 5.91 Å². The standard InChI is InChI=1S/C30H30F4N6O5S/c1-18-11-25(24-14-38-40(26(24)12-18)22-4-2-3-19(13-22)28(42)36-15-27(35)41)37-16-29(43,30(32,33)34)17-39(21-7-8-21)46(44,45)23-9-5-20(31)6-10-23/h2-6,9-14,21,37,43H,7-8,15-17H2,1H3,(H2,35,41)(H,36,42). The minimum absolute atomic E-state index is 0.193. The van der Waals surface area contributed by atoms with Crippen molar-refractivity contribution in [3.8, 4) is 5.69 Å². The van der Waals surface area contributed by atoms with Crippen LogP contribution in [-0.2, 0) is 14.8 Å². The number of hydrogen-bond donors (Lipinski definition) is 4. The second-order valence-corrected chi connectivity index (χ2v) is 13.0. The van der Waals surface area contributed by atoms with E-state index in [4.69, 9.17) is 5.73 Å². The first-order valence-corrected chi connectivity index (χ1v) is 15.5. The number of aryl methyl sites for hydroxylation is 1. The summed E-state index contributed by atoms with van der Waals surface area (Å²) in [6.45, 7) is -1.04. The Balaban J connectivity index is 1.44. The summed E-state index contributed by atoms with van der Waals surface area (Å²) in [5.74, 6) is -1.98. The summed E-state index contributed by atoms with van der Waals surface area (Å²) in [6.07, 6.45) is -3.21. The Morgan fingerprint density at radius 2 is 1.80 bits per heavy atom. The molecule has 1 aliphatic carbocycles. The number of carbonyl (C=O) groups is 2. The van der Waals surface area contributed by atoms with Gasteiger partial charge in [0.15, 0.2) is 5.60 Å². The number of hydrogen-bond acceptors (Lipinski definition) is 7. The lowest BCUT2D eigenvalue weighted by Gasteiger charge is -2.35. The maximum Gasteiger partial charge on any atom is 0.420 e. The average molecular weight is 663 g/mol. The Morgan fingerprint density at radius 3 is 2.43 bits per heavy atom. The van der Waals surface area contributed by atoms with Crippen LogP contribution >= 0.6 is 0 Å². The van der Waals surface area contributed by atoms with Crippen LogP contribution in [0.5, 0.6) is 0 Å². The maximum atomic E-state index is 14.5. The quantitative estimate of drug-likeness (QED) is 0.170. The van der Waals surface area contributed by atoms with Crippen LogP contribution in [0.2, 0.25) is 0 Å². The van der Waals surface area contributed by atoms with E-state index in [1.54, 1.807) is 31.2 Å². The van der Waals surface area contributed by atoms with Crippen molar-refractivity contribution >= 4 is 38.4 Å². The van der Waals surface area contributed by atoms with Gasteiger partial charge in [-0.2, -0.15) is 22.6 Å². The minimum atomic E-state index is -5.24. The molecule has 2 amide bonds. The monoisotopic (exact) mass is 662 g/mol. The number of aliphatic hydroxyl groups is 1. The number of carbonyl (C=O) groups excluding carboxylic acids is 2. The lowest BCUT2D eigenvalue weighted by atomic mass is 10.0. The molecule has 1 unspecified atom stereocenters. The molecule has 244 valence electrons. The summed E-state index contributed by atoms with van der Waals surface area (Å²) < 4.78 is 85.7. The largest absolute Gasteiger partial charge is 0.420 e. The van der Waals surface area contributed by atoms with Crippen LogP contribution in [0.4, 0.5) is 23.2 Å². The van der Waals surface area contributed by atoms with E-state index in [0.29, 0.717) is 39.3 Å². The SMILES string of the molecule is Cc1cc(NCC(O)(CN(C2CC2)S(=O)(=O)c2ccc(F)cc2)C(F)(F)F)c2cnn(-c3cccc(C(=O)NCC(N)=O)c3)c2c1. The molecule has 0 aliphatic heterocycles. The van der Waals surface area contributed by atoms with Gasteiger partial charge in [0.1, 0.15) is 5.82 Å². The molecular formula is C30H30F4N6O5S. The molecule has 16 heteroatoms. The van der Waals surface area contributed by atoms with E-state index in [2.05, 4.69) is 15.7 Å². The van der Waals surface area contributed by atoms with Crippen LogP contribution in [0.1, 0.15) is 28.8 Å². The van der Waals surface area contributed by atoms with Crippen molar-refractivity contribution in [1.29, 1.82) is 0 Å². The number of sulfonamides is 1. The third-order valence-electron chi connectivity index (χ3n) is 7.50. The second kappa shape index (κ2) is 12.3. The molecule has 5 rings (SSSR count). The molecule has 1 aromatic heterocycles. The number of nitrogens with zero attached hydrogens (tertiary/aromatic N) is 3. The highest BCUT2D eigenvalue weighted by Gasteiger charge is 2.57. The Labute approximate surface area is 261 Å². The molecule has 11 nitrogen and oxygen atoms in total. The maximum absolute atomic E-state index is 14.5. The molecular weight excluding hydrogens is 632 g/mol. The fourth-order valence-corrected chi connectivity index (χ4v) is 6.66. The number of nitrogens with two attached hydrogens (primary N) is 1. The van der Waals surface area contributed by atoms with Crippen LogP contribution in [0.25, 0.3) is 16.6 Å². The van der Waals surface area contributed by atoms with E-state index >= 15 is 0 Å². The number of rotatable bonds is 12. The summed E-state index contributed by atoms with van der Waals surface area (Å²) in [6, 6.07) is 12.5. The zero-order valence-corrected chi connectivity index (χ0v) is 25.2. The minimum Gasteiger partial charge on any atom is -0.381 e. The number of nitrogens with one attached hydrogen (secondary N) is 2. The van der Waals surface area contributed by atoms with Crippen molar-refractivity contribution < 1.29 is 40.7 Å². The van der Waals surface area contributed by atoms with Crippen LogP contribution in [0.15, 0.2) is 71.8 Å². The smallest absolute Gasteiger partial charge is 0.381 e. The number of alkyl halides is 3. The molecule has 0 spiro atoms. The Hall–Kier alpha value is -4.54. The van der Waals surface area contributed by atoms with E-state index in [9.17, 15) is 40.7 Å². The van der Waals surface area contributed by atoms with Gasteiger partial charge in [-0.1, -0.05) is 6.07 Å². The highest BCUT2D eigenvalue weighted by Crippen LogP contribution is 2.39. The van der Waals surface area contributed by atoms with Crippen molar-refractivity contribution in [3.05, 3.63) is 83.8 Å². The average Bonchev–Trinajstić information content (AvgIpc) is 3.75. The second-order valence-electron chi connectivity index (χ2n) is 11.1. The summed E-state index contributed by atoms with van der Waals surface area (Å²) in [5.41, 5.74) is 3.51. The first kappa shape index (κ1) is 32.8. The van der Waals surface area contributed by atoms with Gasteiger partial charge in [-0.15, -0.1) is 0 Å². The van der Waals surface area contributed by atoms with Crippen LogP contribution in [-0.4, -0.2) is 76.9 Å². The van der Waals surface area contributed by atoms with Crippen LogP contribution in [0.3, 0.4) is 0 Å². The van der Waals surface area contributed by atoms with Gasteiger partial charge < -0.3 is 21.5 Å². The number of amides is 2. The lowest BCUT2D eigenvalue weighted by molar-refractivity contribution is -0.256. The van der Waals surface area contributed by atoms with Crippen molar-refractivity contribution in [2.45, 2.75) is 42.5 Å². The number of benzene rings is 3. The molecule has 5 N–H and O–H groups in total. The molecule has 1 atom stereocenters. The lowest BCUT2D eigenvalue weighted by Crippen LogP contribution is -2.59. The van der Waals surface area contributed by atoms with E-state index in [1.807, 2.05) is 0 Å². The van der Waals surface area contributed by atoms with Gasteiger partial charge in [-0.3, -0.25) is 9.59 Å². The van der Waals surface area contributed by atoms with Gasteiger partial charge in [0, 0.05) is 22.7 Å². The predicted molar refractivity (Wildman–Crippen MR) is 160 cm³/mol. The molecule has 46 heavy (non-hydrogen) atoms. The molecule has 4 aromatic rings. The molecule has 1 fully saturated rings. The Morgan fingerprint density at radius 1 is 1.11 bits per heavy atom. The Bertz CT molecular complexity index is 1890. The third kappa shape index (κ3) is 6.83. The van der Waals surface area contributed by atoms with E-state index in [0.717, 1.165) is 24.3 Å². The molecule has 0 saturated heterocycles. The number of primary amides is 1. The normalized spacial score (nSPS) is 15.1. The molecule has 1 aliphatic rings. The van der Waals surface area contributed by atoms with Crippen LogP contribution in [0, 0.1) is 12.7 Å². The first-order valence-electron chi connectivity index (χ1n) is 14.0. The van der Waals surface area contributed by atoms with Crippen molar-refractivity contribution in [2.24, 2.45) is 5.73 Å². The molecule has 0 bridgehead atoms. The zero-order chi connectivity index (χ0) is 33.4. The fourth-order valence-electron chi connectivity index (χ4n) is 4.93. The van der Waals surface area contributed by atoms with Crippen molar-refractivity contribution in [3.63, 3.8) is 0 Å². The van der Waals surface area contributed by atoms with Crippen molar-refractivity contribution in [1.82, 2.24) is 19.4 Å². The summed E-state index contributed by atoms with van der Waals surface area (Å²) in [7, 11) is -4.50. The van der Waals surface area contributed by atoms with Gasteiger partial charge in [-0.05, 0) is 79.9 Å². The van der Waals surface area contributed by atoms with Gasteiger partial charge in [0.05, 0.1) is 41.9 Å². The van der Waals surface area contributed by atoms with Gasteiger partial charge >= 0.3 is 6.18 Å². The number of aromatic nitrogens is 2. The van der Waals surface area contributed by atoms with Gasteiger partial charge in [-0.25, -0.2) is 17.5 Å². The third-order valence-corrected chi connectivity index (χ3v) is 9.41. The summed E-state index contributed by atoms with van der Waals surface area (Å²) in [4.78, 5) is 23.1. The number of anilines is 1. The topological polar surface area (TPSA) is 160 Å². The molecule has 3 aromatic carbocycles. The zero-order valence-electron chi connectivity index (χ0n) is 24.4. The molecule has 0 radical (unpaired) electrons. The Kier molecular flexibility index (Phi) is 8.81. The summed E-state index contributed by atoms with van der Waals surface area (Å²) >= 11 is 0. The van der Waals surface area contributed by atoms with Crippen LogP contribution < -0.4 is 16.4 Å². The highest BCUT2D eigenvalue weighted by atomic mass is 32.2.